The minimum atomic E-state index is 0.675. The van der Waals surface area contributed by atoms with Crippen LogP contribution in [0.25, 0.3) is 0 Å². The van der Waals surface area contributed by atoms with Crippen molar-refractivity contribution >= 4 is 0 Å². The molecule has 0 atom stereocenters. The van der Waals surface area contributed by atoms with Gasteiger partial charge in [0.05, 0.1) is 5.69 Å². The van der Waals surface area contributed by atoms with E-state index in [1.807, 2.05) is 11.6 Å². The summed E-state index contributed by atoms with van der Waals surface area (Å²) in [6, 6.07) is 0. The van der Waals surface area contributed by atoms with Gasteiger partial charge in [-0.1, -0.05) is 6.92 Å². The number of nitrogens with two attached hydrogens (primary N) is 1. The van der Waals surface area contributed by atoms with E-state index >= 15 is 0 Å². The third-order valence-corrected chi connectivity index (χ3v) is 1.75. The van der Waals surface area contributed by atoms with Gasteiger partial charge in [0.25, 0.3) is 0 Å². The molecule has 0 unspecified atom stereocenters. The van der Waals surface area contributed by atoms with Crippen LogP contribution in [0.5, 0.6) is 0 Å². The third kappa shape index (κ3) is 1.80. The maximum atomic E-state index is 5.43. The number of hydrogen-bond donors (Lipinski definition) is 1. The minimum absolute atomic E-state index is 0.675. The summed E-state index contributed by atoms with van der Waals surface area (Å²) in [4.78, 5) is 4.40. The van der Waals surface area contributed by atoms with Crippen LogP contribution in [-0.4, -0.2) is 16.1 Å². The first kappa shape index (κ1) is 8.27. The van der Waals surface area contributed by atoms with Crippen molar-refractivity contribution in [2.24, 2.45) is 12.8 Å². The lowest BCUT2D eigenvalue weighted by Gasteiger charge is -1.96. The first-order chi connectivity index (χ1) is 5.27. The van der Waals surface area contributed by atoms with E-state index in [-0.39, 0.29) is 0 Å². The Morgan fingerprint density at radius 1 is 1.64 bits per heavy atom. The zero-order valence-corrected chi connectivity index (χ0v) is 7.17. The average Bonchev–Trinajstić information content (AvgIpc) is 2.33. The van der Waals surface area contributed by atoms with Crippen molar-refractivity contribution in [1.82, 2.24) is 9.55 Å². The Bertz CT molecular complexity index is 227. The summed E-state index contributed by atoms with van der Waals surface area (Å²) >= 11 is 0. The summed E-state index contributed by atoms with van der Waals surface area (Å²) in [7, 11) is 2.01. The quantitative estimate of drug-likeness (QED) is 0.686. The molecule has 62 valence electrons. The molecule has 0 aromatic carbocycles. The van der Waals surface area contributed by atoms with Crippen LogP contribution in [0.3, 0.4) is 0 Å². The molecule has 0 radical (unpaired) electrons. The van der Waals surface area contributed by atoms with E-state index in [1.54, 1.807) is 0 Å². The minimum Gasteiger partial charge on any atom is -0.338 e. The number of imidazole rings is 1. The molecule has 1 heterocycles. The fraction of sp³-hybridized carbons (Fsp3) is 0.625. The highest BCUT2D eigenvalue weighted by atomic mass is 15.0. The highest BCUT2D eigenvalue weighted by Gasteiger charge is 2.01. The molecule has 0 aliphatic carbocycles. The molecule has 0 aliphatic heterocycles. The van der Waals surface area contributed by atoms with Gasteiger partial charge in [0.2, 0.25) is 0 Å². The van der Waals surface area contributed by atoms with Gasteiger partial charge >= 0.3 is 0 Å². The highest BCUT2D eigenvalue weighted by Crippen LogP contribution is 2.01. The molecule has 1 rings (SSSR count). The zero-order valence-electron chi connectivity index (χ0n) is 7.17. The van der Waals surface area contributed by atoms with Crippen LogP contribution in [0.4, 0.5) is 0 Å². The van der Waals surface area contributed by atoms with Crippen LogP contribution in [-0.2, 0) is 19.9 Å². The SMILES string of the molecule is CCc1cn(C)c(CCN)n1. The maximum absolute atomic E-state index is 5.43. The largest absolute Gasteiger partial charge is 0.338 e. The van der Waals surface area contributed by atoms with E-state index in [1.165, 1.54) is 0 Å². The van der Waals surface area contributed by atoms with Gasteiger partial charge < -0.3 is 10.3 Å². The van der Waals surface area contributed by atoms with Crippen molar-refractivity contribution < 1.29 is 0 Å². The molecule has 11 heavy (non-hydrogen) atoms. The molecule has 0 amide bonds. The van der Waals surface area contributed by atoms with E-state index in [4.69, 9.17) is 5.73 Å². The van der Waals surface area contributed by atoms with Gasteiger partial charge in [-0.3, -0.25) is 0 Å². The number of hydrogen-bond acceptors (Lipinski definition) is 2. The summed E-state index contributed by atoms with van der Waals surface area (Å²) in [5, 5.41) is 0. The monoisotopic (exact) mass is 153 g/mol. The first-order valence-corrected chi connectivity index (χ1v) is 3.99. The first-order valence-electron chi connectivity index (χ1n) is 3.99. The van der Waals surface area contributed by atoms with Crippen molar-refractivity contribution in [3.05, 3.63) is 17.7 Å². The van der Waals surface area contributed by atoms with Crippen LogP contribution >= 0.6 is 0 Å². The van der Waals surface area contributed by atoms with E-state index < -0.39 is 0 Å². The van der Waals surface area contributed by atoms with Gasteiger partial charge in [-0.15, -0.1) is 0 Å². The lowest BCUT2D eigenvalue weighted by Crippen LogP contribution is -2.07. The smallest absolute Gasteiger partial charge is 0.109 e. The molecule has 0 spiro atoms. The van der Waals surface area contributed by atoms with Crippen molar-refractivity contribution in [2.45, 2.75) is 19.8 Å². The molecule has 3 heteroatoms. The predicted molar refractivity (Wildman–Crippen MR) is 45.3 cm³/mol. The van der Waals surface area contributed by atoms with Gasteiger partial charge in [0.1, 0.15) is 5.82 Å². The van der Waals surface area contributed by atoms with Gasteiger partial charge in [0, 0.05) is 19.7 Å². The second kappa shape index (κ2) is 3.53. The predicted octanol–water partition coefficient (Wildman–Crippen LogP) is 0.484. The zero-order chi connectivity index (χ0) is 8.27. The fourth-order valence-corrected chi connectivity index (χ4v) is 1.10. The summed E-state index contributed by atoms with van der Waals surface area (Å²) in [6.45, 7) is 2.78. The maximum Gasteiger partial charge on any atom is 0.109 e. The van der Waals surface area contributed by atoms with Gasteiger partial charge in [-0.25, -0.2) is 4.98 Å². The number of aromatic nitrogens is 2. The third-order valence-electron chi connectivity index (χ3n) is 1.75. The average molecular weight is 153 g/mol. The van der Waals surface area contributed by atoms with Crippen LogP contribution in [0.1, 0.15) is 18.4 Å². The van der Waals surface area contributed by atoms with Crippen LogP contribution < -0.4 is 5.73 Å². The molecular weight excluding hydrogens is 138 g/mol. The Kier molecular flexibility index (Phi) is 2.65. The summed E-state index contributed by atoms with van der Waals surface area (Å²) < 4.78 is 2.05. The van der Waals surface area contributed by atoms with E-state index in [9.17, 15) is 0 Å². The van der Waals surface area contributed by atoms with Gasteiger partial charge in [-0.05, 0) is 13.0 Å². The Hall–Kier alpha value is -0.830. The summed E-state index contributed by atoms with van der Waals surface area (Å²) in [6.07, 6.45) is 3.93. The molecule has 1 aromatic rings. The second-order valence-corrected chi connectivity index (χ2v) is 2.65. The number of rotatable bonds is 3. The Balaban J connectivity index is 2.79. The van der Waals surface area contributed by atoms with Crippen molar-refractivity contribution in [3.8, 4) is 0 Å². The molecule has 0 aliphatic rings. The van der Waals surface area contributed by atoms with Crippen LogP contribution in [0.2, 0.25) is 0 Å². The van der Waals surface area contributed by atoms with Crippen LogP contribution in [0, 0.1) is 0 Å². The molecule has 0 fully saturated rings. The van der Waals surface area contributed by atoms with Crippen molar-refractivity contribution in [1.29, 1.82) is 0 Å². The van der Waals surface area contributed by atoms with Crippen LogP contribution in [0.15, 0.2) is 6.20 Å². The molecule has 0 bridgehead atoms. The highest BCUT2D eigenvalue weighted by molar-refractivity contribution is 5.03. The Labute approximate surface area is 67.2 Å². The molecule has 1 aromatic heterocycles. The number of aryl methyl sites for hydroxylation is 2. The number of nitrogens with zero attached hydrogens (tertiary/aromatic N) is 2. The summed E-state index contributed by atoms with van der Waals surface area (Å²) in [5.41, 5.74) is 6.58. The molecule has 0 saturated heterocycles. The molecular formula is C8H15N3. The Morgan fingerprint density at radius 2 is 2.36 bits per heavy atom. The van der Waals surface area contributed by atoms with E-state index in [0.29, 0.717) is 6.54 Å². The normalized spacial score (nSPS) is 10.5. The standard InChI is InChI=1S/C8H15N3/c1-3-7-6-11(2)8(10-7)4-5-9/h6H,3-5,9H2,1-2H3. The van der Waals surface area contributed by atoms with Crippen molar-refractivity contribution in [2.75, 3.05) is 6.54 Å². The van der Waals surface area contributed by atoms with E-state index in [2.05, 4.69) is 18.1 Å². The topological polar surface area (TPSA) is 43.8 Å². The second-order valence-electron chi connectivity index (χ2n) is 2.65. The van der Waals surface area contributed by atoms with Crippen molar-refractivity contribution in [3.63, 3.8) is 0 Å². The molecule has 0 saturated carbocycles. The lowest BCUT2D eigenvalue weighted by atomic mass is 10.4. The lowest BCUT2D eigenvalue weighted by molar-refractivity contribution is 0.777. The molecule has 2 N–H and O–H groups in total. The Morgan fingerprint density at radius 3 is 2.82 bits per heavy atom. The molecule has 3 nitrogen and oxygen atoms in total. The summed E-state index contributed by atoms with van der Waals surface area (Å²) in [5.74, 6) is 1.09. The van der Waals surface area contributed by atoms with E-state index in [0.717, 1.165) is 24.4 Å². The van der Waals surface area contributed by atoms with Gasteiger partial charge in [0.15, 0.2) is 0 Å². The fourth-order valence-electron chi connectivity index (χ4n) is 1.10. The van der Waals surface area contributed by atoms with Gasteiger partial charge in [-0.2, -0.15) is 0 Å².